The van der Waals surface area contributed by atoms with E-state index in [1.807, 2.05) is 12.1 Å². The van der Waals surface area contributed by atoms with Crippen molar-refractivity contribution in [2.75, 3.05) is 5.32 Å². The fraction of sp³-hybridized carbons (Fsp3) is 0.0588. The molecule has 0 aliphatic rings. The van der Waals surface area contributed by atoms with E-state index in [-0.39, 0.29) is 5.69 Å². The first-order valence-corrected chi connectivity index (χ1v) is 6.68. The minimum absolute atomic E-state index is 0.103. The van der Waals surface area contributed by atoms with E-state index in [9.17, 15) is 10.1 Å². The molecule has 104 valence electrons. The quantitative estimate of drug-likeness (QED) is 0.570. The Kier molecular flexibility index (Phi) is 3.51. The van der Waals surface area contributed by atoms with Gasteiger partial charge in [0, 0.05) is 24.4 Å². The maximum Gasteiger partial charge on any atom is 0.269 e. The Labute approximate surface area is 122 Å². The summed E-state index contributed by atoms with van der Waals surface area (Å²) in [5, 5.41) is 16.3. The number of rotatable bonds is 4. The highest BCUT2D eigenvalue weighted by atomic mass is 16.6. The van der Waals surface area contributed by atoms with Crippen LogP contribution in [0, 0.1) is 10.1 Å². The second kappa shape index (κ2) is 5.63. The van der Waals surface area contributed by atoms with Crippen LogP contribution >= 0.6 is 0 Å². The molecule has 0 radical (unpaired) electrons. The van der Waals surface area contributed by atoms with E-state index in [2.05, 4.69) is 35.6 Å². The Morgan fingerprint density at radius 2 is 1.62 bits per heavy atom. The van der Waals surface area contributed by atoms with Gasteiger partial charge in [0.05, 0.1) is 4.92 Å². The van der Waals surface area contributed by atoms with Crippen LogP contribution in [-0.2, 0) is 6.54 Å². The Hall–Kier alpha value is -2.88. The van der Waals surface area contributed by atoms with Crippen LogP contribution in [-0.4, -0.2) is 4.92 Å². The molecule has 0 fully saturated rings. The van der Waals surface area contributed by atoms with E-state index in [1.54, 1.807) is 12.1 Å². The molecule has 0 unspecified atom stereocenters. The van der Waals surface area contributed by atoms with Crippen LogP contribution in [0.25, 0.3) is 10.8 Å². The van der Waals surface area contributed by atoms with Crippen molar-refractivity contribution in [3.05, 3.63) is 82.4 Å². The molecule has 0 saturated heterocycles. The summed E-state index contributed by atoms with van der Waals surface area (Å²) >= 11 is 0. The molecule has 0 bridgehead atoms. The second-order valence-corrected chi connectivity index (χ2v) is 4.84. The van der Waals surface area contributed by atoms with Gasteiger partial charge in [-0.3, -0.25) is 10.1 Å². The van der Waals surface area contributed by atoms with Crippen LogP contribution in [0.2, 0.25) is 0 Å². The minimum atomic E-state index is -0.396. The van der Waals surface area contributed by atoms with E-state index < -0.39 is 4.92 Å². The van der Waals surface area contributed by atoms with Crippen molar-refractivity contribution in [3.63, 3.8) is 0 Å². The summed E-state index contributed by atoms with van der Waals surface area (Å²) in [6.45, 7) is 0.683. The predicted octanol–water partition coefficient (Wildman–Crippen LogP) is 4.36. The molecule has 21 heavy (non-hydrogen) atoms. The average Bonchev–Trinajstić information content (AvgIpc) is 2.53. The van der Waals surface area contributed by atoms with Gasteiger partial charge in [-0.2, -0.15) is 0 Å². The first kappa shape index (κ1) is 13.1. The molecule has 0 aromatic heterocycles. The normalized spacial score (nSPS) is 10.5. The van der Waals surface area contributed by atoms with Gasteiger partial charge in [0.2, 0.25) is 0 Å². The number of nitro benzene ring substituents is 1. The smallest absolute Gasteiger partial charge is 0.269 e. The molecule has 3 aromatic carbocycles. The molecule has 3 rings (SSSR count). The molecule has 0 amide bonds. The number of benzene rings is 3. The van der Waals surface area contributed by atoms with Crippen molar-refractivity contribution in [2.45, 2.75) is 6.54 Å². The molecule has 4 heteroatoms. The highest BCUT2D eigenvalue weighted by Crippen LogP contribution is 2.18. The molecule has 0 aliphatic carbocycles. The number of nitro groups is 1. The van der Waals surface area contributed by atoms with Crippen molar-refractivity contribution >= 4 is 22.1 Å². The molecule has 1 N–H and O–H groups in total. The lowest BCUT2D eigenvalue weighted by Crippen LogP contribution is -1.99. The fourth-order valence-electron chi connectivity index (χ4n) is 2.25. The lowest BCUT2D eigenvalue weighted by atomic mass is 10.1. The standard InChI is InChI=1S/C17H14N2O2/c20-19(21)17-9-7-16(8-10-17)18-12-13-5-6-14-3-1-2-4-15(14)11-13/h1-11,18H,12H2. The monoisotopic (exact) mass is 278 g/mol. The summed E-state index contributed by atoms with van der Waals surface area (Å²) in [5.41, 5.74) is 2.15. The Morgan fingerprint density at radius 1 is 0.905 bits per heavy atom. The molecular formula is C17H14N2O2. The van der Waals surface area contributed by atoms with Crippen molar-refractivity contribution in [2.24, 2.45) is 0 Å². The van der Waals surface area contributed by atoms with Crippen molar-refractivity contribution in [1.82, 2.24) is 0 Å². The predicted molar refractivity (Wildman–Crippen MR) is 84.4 cm³/mol. The number of anilines is 1. The summed E-state index contributed by atoms with van der Waals surface area (Å²) in [5.74, 6) is 0. The van der Waals surface area contributed by atoms with Crippen LogP contribution in [0.3, 0.4) is 0 Å². The highest BCUT2D eigenvalue weighted by Gasteiger charge is 2.03. The molecule has 0 saturated carbocycles. The molecule has 0 heterocycles. The van der Waals surface area contributed by atoms with E-state index in [1.165, 1.54) is 28.5 Å². The third kappa shape index (κ3) is 3.00. The minimum Gasteiger partial charge on any atom is -0.381 e. The third-order valence-corrected chi connectivity index (χ3v) is 3.39. The number of non-ortho nitro benzene ring substituents is 1. The number of fused-ring (bicyclic) bond motifs is 1. The molecule has 0 atom stereocenters. The summed E-state index contributed by atoms with van der Waals surface area (Å²) in [4.78, 5) is 10.2. The zero-order valence-corrected chi connectivity index (χ0v) is 11.3. The summed E-state index contributed by atoms with van der Waals surface area (Å²) < 4.78 is 0. The van der Waals surface area contributed by atoms with Gasteiger partial charge in [0.25, 0.3) is 5.69 Å². The van der Waals surface area contributed by atoms with Gasteiger partial charge in [0.1, 0.15) is 0 Å². The molecular weight excluding hydrogens is 264 g/mol. The van der Waals surface area contributed by atoms with E-state index in [4.69, 9.17) is 0 Å². The van der Waals surface area contributed by atoms with Gasteiger partial charge >= 0.3 is 0 Å². The Balaban J connectivity index is 1.72. The lowest BCUT2D eigenvalue weighted by molar-refractivity contribution is -0.384. The van der Waals surface area contributed by atoms with E-state index in [0.29, 0.717) is 6.54 Å². The zero-order chi connectivity index (χ0) is 14.7. The summed E-state index contributed by atoms with van der Waals surface area (Å²) in [6.07, 6.45) is 0. The topological polar surface area (TPSA) is 55.2 Å². The Bertz CT molecular complexity index is 782. The summed E-state index contributed by atoms with van der Waals surface area (Å²) in [6, 6.07) is 21.0. The van der Waals surface area contributed by atoms with Crippen LogP contribution in [0.1, 0.15) is 5.56 Å². The highest BCUT2D eigenvalue weighted by molar-refractivity contribution is 5.83. The number of nitrogens with zero attached hydrogens (tertiary/aromatic N) is 1. The number of nitrogens with one attached hydrogen (secondary N) is 1. The van der Waals surface area contributed by atoms with Crippen LogP contribution in [0.15, 0.2) is 66.7 Å². The third-order valence-electron chi connectivity index (χ3n) is 3.39. The van der Waals surface area contributed by atoms with Crippen molar-refractivity contribution in [1.29, 1.82) is 0 Å². The van der Waals surface area contributed by atoms with Gasteiger partial charge in [-0.25, -0.2) is 0 Å². The number of hydrogen-bond donors (Lipinski definition) is 1. The summed E-state index contributed by atoms with van der Waals surface area (Å²) in [7, 11) is 0. The number of hydrogen-bond acceptors (Lipinski definition) is 3. The fourth-order valence-corrected chi connectivity index (χ4v) is 2.25. The van der Waals surface area contributed by atoms with Gasteiger partial charge in [-0.05, 0) is 34.5 Å². The maximum absolute atomic E-state index is 10.6. The Morgan fingerprint density at radius 3 is 2.33 bits per heavy atom. The molecule has 3 aromatic rings. The molecule has 0 aliphatic heterocycles. The van der Waals surface area contributed by atoms with Crippen molar-refractivity contribution < 1.29 is 4.92 Å². The first-order chi connectivity index (χ1) is 10.2. The van der Waals surface area contributed by atoms with Gasteiger partial charge in [-0.1, -0.05) is 36.4 Å². The molecule has 4 nitrogen and oxygen atoms in total. The van der Waals surface area contributed by atoms with Crippen LogP contribution in [0.4, 0.5) is 11.4 Å². The van der Waals surface area contributed by atoms with Gasteiger partial charge in [-0.15, -0.1) is 0 Å². The first-order valence-electron chi connectivity index (χ1n) is 6.68. The van der Waals surface area contributed by atoms with E-state index in [0.717, 1.165) is 5.69 Å². The van der Waals surface area contributed by atoms with Gasteiger partial charge < -0.3 is 5.32 Å². The van der Waals surface area contributed by atoms with Gasteiger partial charge in [0.15, 0.2) is 0 Å². The maximum atomic E-state index is 10.6. The molecule has 0 spiro atoms. The average molecular weight is 278 g/mol. The second-order valence-electron chi connectivity index (χ2n) is 4.84. The van der Waals surface area contributed by atoms with Crippen LogP contribution in [0.5, 0.6) is 0 Å². The van der Waals surface area contributed by atoms with E-state index >= 15 is 0 Å². The largest absolute Gasteiger partial charge is 0.381 e. The lowest BCUT2D eigenvalue weighted by Gasteiger charge is -2.07. The SMILES string of the molecule is O=[N+]([O-])c1ccc(NCc2ccc3ccccc3c2)cc1. The zero-order valence-electron chi connectivity index (χ0n) is 11.3. The van der Waals surface area contributed by atoms with Crippen LogP contribution < -0.4 is 5.32 Å². The van der Waals surface area contributed by atoms with Crippen molar-refractivity contribution in [3.8, 4) is 0 Å².